The number of aryl methyl sites for hydroxylation is 1. The zero-order chi connectivity index (χ0) is 25.0. The van der Waals surface area contributed by atoms with Crippen molar-refractivity contribution in [3.63, 3.8) is 0 Å². The van der Waals surface area contributed by atoms with E-state index in [0.29, 0.717) is 34.4 Å². The van der Waals surface area contributed by atoms with Crippen LogP contribution in [0.4, 0.5) is 29.5 Å². The third-order valence-electron chi connectivity index (χ3n) is 6.69. The fourth-order valence-corrected chi connectivity index (χ4v) is 4.84. The van der Waals surface area contributed by atoms with Crippen molar-refractivity contribution < 1.29 is 18.0 Å². The van der Waals surface area contributed by atoms with E-state index in [9.17, 15) is 13.6 Å². The average molecular weight is 480 g/mol. The summed E-state index contributed by atoms with van der Waals surface area (Å²) in [7, 11) is 1.82. The summed E-state index contributed by atoms with van der Waals surface area (Å²) in [4.78, 5) is 24.3. The van der Waals surface area contributed by atoms with Crippen LogP contribution in [0.5, 0.6) is 0 Å². The van der Waals surface area contributed by atoms with E-state index in [4.69, 9.17) is 5.73 Å². The first kappa shape index (κ1) is 22.7. The number of hydrogen-bond donors (Lipinski definition) is 1. The minimum Gasteiger partial charge on any atom is -0.383 e. The van der Waals surface area contributed by atoms with Crippen LogP contribution in [0.2, 0.25) is 0 Å². The number of nitrogens with zero attached hydrogens (tertiary/aromatic N) is 5. The number of aromatic nitrogens is 3. The van der Waals surface area contributed by atoms with Gasteiger partial charge in [0, 0.05) is 47.7 Å². The molecule has 35 heavy (non-hydrogen) atoms. The van der Waals surface area contributed by atoms with Crippen LogP contribution in [-0.4, -0.2) is 38.6 Å². The highest BCUT2D eigenvalue weighted by Crippen LogP contribution is 2.39. The second-order valence-electron chi connectivity index (χ2n) is 8.50. The minimum absolute atomic E-state index is 0.0993. The standard InChI is InChI=1S/C25H23F3N6O/c1-4-33-20(16-7-5-14(26)9-18(16)27)11-34(25(33)35)15-6-8-17(19(28)10-15)21-13(2)32(3)24-22(21)23(29)30-12-31-24/h5-10,12,20H,4,11H2,1-3H3,(H2,29,30,31). The Balaban J connectivity index is 1.55. The van der Waals surface area contributed by atoms with E-state index < -0.39 is 23.5 Å². The molecule has 1 aliphatic heterocycles. The molecule has 1 fully saturated rings. The lowest BCUT2D eigenvalue weighted by Crippen LogP contribution is -2.32. The van der Waals surface area contributed by atoms with Crippen LogP contribution in [0, 0.1) is 24.4 Å². The summed E-state index contributed by atoms with van der Waals surface area (Å²) in [5, 5.41) is 0.556. The molecule has 7 nitrogen and oxygen atoms in total. The van der Waals surface area contributed by atoms with E-state index in [1.165, 1.54) is 28.3 Å². The lowest BCUT2D eigenvalue weighted by molar-refractivity contribution is 0.208. The number of nitrogen functional groups attached to an aromatic ring is 1. The van der Waals surface area contributed by atoms with E-state index in [-0.39, 0.29) is 24.0 Å². The highest BCUT2D eigenvalue weighted by atomic mass is 19.1. The van der Waals surface area contributed by atoms with Gasteiger partial charge in [-0.1, -0.05) is 6.07 Å². The van der Waals surface area contributed by atoms with Crippen molar-refractivity contribution in [1.29, 1.82) is 0 Å². The molecule has 180 valence electrons. The van der Waals surface area contributed by atoms with Crippen LogP contribution >= 0.6 is 0 Å². The summed E-state index contributed by atoms with van der Waals surface area (Å²) in [5.74, 6) is -1.72. The summed E-state index contributed by atoms with van der Waals surface area (Å²) < 4.78 is 45.3. The molecule has 10 heteroatoms. The number of carbonyl (C=O) groups excluding carboxylic acids is 1. The maximum Gasteiger partial charge on any atom is 0.325 e. The zero-order valence-electron chi connectivity index (χ0n) is 19.4. The van der Waals surface area contributed by atoms with Crippen molar-refractivity contribution in [2.45, 2.75) is 19.9 Å². The molecule has 0 bridgehead atoms. The molecule has 2 amide bonds. The maximum atomic E-state index is 15.5. The van der Waals surface area contributed by atoms with Gasteiger partial charge in [0.05, 0.1) is 18.0 Å². The number of urea groups is 1. The molecule has 0 aliphatic carbocycles. The number of rotatable bonds is 4. The van der Waals surface area contributed by atoms with Gasteiger partial charge in [0.25, 0.3) is 0 Å². The highest BCUT2D eigenvalue weighted by Gasteiger charge is 2.39. The quantitative estimate of drug-likeness (QED) is 0.448. The normalized spacial score (nSPS) is 16.1. The molecule has 1 unspecified atom stereocenters. The fraction of sp³-hybridized carbons (Fsp3) is 0.240. The SMILES string of the molecule is CCN1C(=O)N(c2ccc(-c3c(C)n(C)c4ncnc(N)c34)c(F)c2)CC1c1ccc(F)cc1F. The Hall–Kier alpha value is -4.08. The number of hydrogen-bond acceptors (Lipinski definition) is 4. The Morgan fingerprint density at radius 3 is 2.54 bits per heavy atom. The maximum absolute atomic E-state index is 15.5. The number of carbonyl (C=O) groups is 1. The lowest BCUT2D eigenvalue weighted by atomic mass is 10.0. The van der Waals surface area contributed by atoms with Crippen LogP contribution in [-0.2, 0) is 7.05 Å². The molecular formula is C25H23F3N6O. The molecule has 5 rings (SSSR count). The van der Waals surface area contributed by atoms with Crippen LogP contribution in [0.1, 0.15) is 24.2 Å². The van der Waals surface area contributed by atoms with Gasteiger partial charge < -0.3 is 15.2 Å². The van der Waals surface area contributed by atoms with Gasteiger partial charge in [-0.25, -0.2) is 27.9 Å². The zero-order valence-corrected chi connectivity index (χ0v) is 19.4. The van der Waals surface area contributed by atoms with Crippen molar-refractivity contribution in [3.8, 4) is 11.1 Å². The number of fused-ring (bicyclic) bond motifs is 1. The average Bonchev–Trinajstić information content (AvgIpc) is 3.28. The Labute approximate surface area is 199 Å². The molecule has 1 aliphatic rings. The monoisotopic (exact) mass is 480 g/mol. The Bertz CT molecular complexity index is 1480. The van der Waals surface area contributed by atoms with Gasteiger partial charge in [-0.2, -0.15) is 0 Å². The van der Waals surface area contributed by atoms with E-state index in [2.05, 4.69) is 9.97 Å². The summed E-state index contributed by atoms with van der Waals surface area (Å²) in [6.07, 6.45) is 1.36. The van der Waals surface area contributed by atoms with Crippen molar-refractivity contribution in [1.82, 2.24) is 19.4 Å². The number of halogens is 3. The Kier molecular flexibility index (Phi) is 5.38. The van der Waals surface area contributed by atoms with E-state index in [1.807, 2.05) is 18.5 Å². The number of benzene rings is 2. The van der Waals surface area contributed by atoms with Crippen molar-refractivity contribution in [2.75, 3.05) is 23.7 Å². The lowest BCUT2D eigenvalue weighted by Gasteiger charge is -2.22. The number of likely N-dealkylation sites (N-methyl/N-ethyl adjacent to an activating group) is 1. The van der Waals surface area contributed by atoms with Crippen LogP contribution in [0.25, 0.3) is 22.2 Å². The molecule has 4 aromatic rings. The first-order valence-electron chi connectivity index (χ1n) is 11.1. The topological polar surface area (TPSA) is 80.3 Å². The molecular weight excluding hydrogens is 457 g/mol. The smallest absolute Gasteiger partial charge is 0.325 e. The molecule has 0 saturated carbocycles. The minimum atomic E-state index is -0.726. The van der Waals surface area contributed by atoms with Gasteiger partial charge in [-0.15, -0.1) is 0 Å². The molecule has 0 radical (unpaired) electrons. The third kappa shape index (κ3) is 3.48. The van der Waals surface area contributed by atoms with Gasteiger partial charge in [-0.05, 0) is 38.1 Å². The van der Waals surface area contributed by atoms with Crippen LogP contribution in [0.15, 0.2) is 42.7 Å². The summed E-state index contributed by atoms with van der Waals surface area (Å²) in [6.45, 7) is 4.03. The van der Waals surface area contributed by atoms with Gasteiger partial charge in [0.1, 0.15) is 35.2 Å². The second kappa shape index (κ2) is 8.30. The van der Waals surface area contributed by atoms with Crippen molar-refractivity contribution >= 4 is 28.6 Å². The Morgan fingerprint density at radius 1 is 1.09 bits per heavy atom. The first-order chi connectivity index (χ1) is 16.7. The van der Waals surface area contributed by atoms with Gasteiger partial charge in [-0.3, -0.25) is 4.90 Å². The van der Waals surface area contributed by atoms with E-state index >= 15 is 4.39 Å². The largest absolute Gasteiger partial charge is 0.383 e. The molecule has 1 saturated heterocycles. The van der Waals surface area contributed by atoms with Crippen LogP contribution < -0.4 is 10.6 Å². The van der Waals surface area contributed by atoms with Gasteiger partial charge in [0.2, 0.25) is 0 Å². The van der Waals surface area contributed by atoms with Crippen molar-refractivity contribution in [3.05, 3.63) is 71.4 Å². The summed E-state index contributed by atoms with van der Waals surface area (Å²) in [5.41, 5.74) is 8.88. The van der Waals surface area contributed by atoms with E-state index in [0.717, 1.165) is 17.8 Å². The summed E-state index contributed by atoms with van der Waals surface area (Å²) >= 11 is 0. The third-order valence-corrected chi connectivity index (χ3v) is 6.69. The molecule has 1 atom stereocenters. The predicted octanol–water partition coefficient (Wildman–Crippen LogP) is 4.95. The van der Waals surface area contributed by atoms with Gasteiger partial charge >= 0.3 is 6.03 Å². The second-order valence-corrected chi connectivity index (χ2v) is 8.50. The van der Waals surface area contributed by atoms with Crippen LogP contribution in [0.3, 0.4) is 0 Å². The molecule has 2 aromatic heterocycles. The number of anilines is 2. The van der Waals surface area contributed by atoms with Crippen molar-refractivity contribution in [2.24, 2.45) is 7.05 Å². The first-order valence-corrected chi connectivity index (χ1v) is 11.1. The molecule has 3 heterocycles. The predicted molar refractivity (Wildman–Crippen MR) is 127 cm³/mol. The highest BCUT2D eigenvalue weighted by molar-refractivity contribution is 6.03. The molecule has 2 aromatic carbocycles. The summed E-state index contributed by atoms with van der Waals surface area (Å²) in [6, 6.07) is 6.81. The van der Waals surface area contributed by atoms with E-state index in [1.54, 1.807) is 19.1 Å². The Morgan fingerprint density at radius 2 is 1.86 bits per heavy atom. The molecule has 0 spiro atoms. The fourth-order valence-electron chi connectivity index (χ4n) is 4.84. The molecule has 2 N–H and O–H groups in total. The number of amides is 2. The number of nitrogens with two attached hydrogens (primary N) is 1. The van der Waals surface area contributed by atoms with Gasteiger partial charge in [0.15, 0.2) is 0 Å².